The summed E-state index contributed by atoms with van der Waals surface area (Å²) in [6, 6.07) is 3.60. The van der Waals surface area contributed by atoms with Crippen LogP contribution in [0.5, 0.6) is 11.8 Å². The number of methoxy groups -OCH3 is 2. The largest absolute Gasteiger partial charge is 0.481 e. The molecule has 2 aliphatic rings. The SMILES string of the molecule is COc1ccc(C2(O)CC3CCC(C2)O3)c(OC)n1. The summed E-state index contributed by atoms with van der Waals surface area (Å²) in [5.41, 5.74) is -0.176. The minimum Gasteiger partial charge on any atom is -0.481 e. The molecule has 2 bridgehead atoms. The number of hydrogen-bond acceptors (Lipinski definition) is 5. The molecule has 0 spiro atoms. The van der Waals surface area contributed by atoms with Crippen LogP contribution in [0.25, 0.3) is 0 Å². The molecule has 2 aliphatic heterocycles. The highest BCUT2D eigenvalue weighted by molar-refractivity contribution is 5.36. The summed E-state index contributed by atoms with van der Waals surface area (Å²) in [6.07, 6.45) is 3.56. The second-order valence-electron chi connectivity index (χ2n) is 5.31. The maximum atomic E-state index is 11.0. The van der Waals surface area contributed by atoms with Crippen molar-refractivity contribution >= 4 is 0 Å². The van der Waals surface area contributed by atoms with Gasteiger partial charge in [0.15, 0.2) is 0 Å². The van der Waals surface area contributed by atoms with Crippen molar-refractivity contribution in [3.63, 3.8) is 0 Å². The molecular formula is C14H19NO4. The molecule has 2 saturated heterocycles. The Balaban J connectivity index is 1.96. The average molecular weight is 265 g/mol. The van der Waals surface area contributed by atoms with Gasteiger partial charge in [-0.1, -0.05) is 0 Å². The van der Waals surface area contributed by atoms with Crippen LogP contribution in [-0.2, 0) is 10.3 Å². The van der Waals surface area contributed by atoms with E-state index < -0.39 is 5.60 Å². The van der Waals surface area contributed by atoms with E-state index in [0.29, 0.717) is 24.6 Å². The van der Waals surface area contributed by atoms with Crippen LogP contribution in [-0.4, -0.2) is 36.5 Å². The Morgan fingerprint density at radius 1 is 1.21 bits per heavy atom. The molecule has 104 valence electrons. The van der Waals surface area contributed by atoms with Crippen LogP contribution in [0.4, 0.5) is 0 Å². The zero-order valence-electron chi connectivity index (χ0n) is 11.3. The van der Waals surface area contributed by atoms with Gasteiger partial charge in [-0.05, 0) is 18.9 Å². The van der Waals surface area contributed by atoms with Gasteiger partial charge >= 0.3 is 0 Å². The fraction of sp³-hybridized carbons (Fsp3) is 0.643. The first kappa shape index (κ1) is 12.7. The molecule has 2 fully saturated rings. The second-order valence-corrected chi connectivity index (χ2v) is 5.31. The lowest BCUT2D eigenvalue weighted by molar-refractivity contribution is -0.116. The molecular weight excluding hydrogens is 246 g/mol. The van der Waals surface area contributed by atoms with E-state index in [1.165, 1.54) is 0 Å². The Kier molecular flexibility index (Phi) is 3.11. The van der Waals surface area contributed by atoms with Crippen molar-refractivity contribution in [2.75, 3.05) is 14.2 Å². The third-order valence-electron chi connectivity index (χ3n) is 4.06. The van der Waals surface area contributed by atoms with Gasteiger partial charge in [0.25, 0.3) is 0 Å². The minimum atomic E-state index is -0.908. The summed E-state index contributed by atoms with van der Waals surface area (Å²) in [7, 11) is 3.12. The van der Waals surface area contributed by atoms with E-state index in [-0.39, 0.29) is 12.2 Å². The highest BCUT2D eigenvalue weighted by Crippen LogP contribution is 2.46. The molecule has 0 saturated carbocycles. The zero-order valence-corrected chi connectivity index (χ0v) is 11.3. The van der Waals surface area contributed by atoms with Crippen LogP contribution in [0, 0.1) is 0 Å². The molecule has 0 aromatic carbocycles. The van der Waals surface area contributed by atoms with Gasteiger partial charge in [-0.3, -0.25) is 0 Å². The maximum absolute atomic E-state index is 11.0. The summed E-state index contributed by atoms with van der Waals surface area (Å²) in [5, 5.41) is 11.0. The predicted molar refractivity (Wildman–Crippen MR) is 68.4 cm³/mol. The summed E-state index contributed by atoms with van der Waals surface area (Å²) in [4.78, 5) is 4.26. The van der Waals surface area contributed by atoms with Crippen molar-refractivity contribution in [1.29, 1.82) is 0 Å². The third kappa shape index (κ3) is 2.17. The molecule has 3 heterocycles. The number of rotatable bonds is 3. The highest BCUT2D eigenvalue weighted by atomic mass is 16.5. The smallest absolute Gasteiger partial charge is 0.222 e. The number of aromatic nitrogens is 1. The number of nitrogens with zero attached hydrogens (tertiary/aromatic N) is 1. The van der Waals surface area contributed by atoms with Gasteiger partial charge in [0.2, 0.25) is 11.8 Å². The van der Waals surface area contributed by atoms with Crippen LogP contribution in [0.1, 0.15) is 31.2 Å². The molecule has 2 unspecified atom stereocenters. The van der Waals surface area contributed by atoms with Crippen molar-refractivity contribution in [3.8, 4) is 11.8 Å². The number of aliphatic hydroxyl groups is 1. The van der Waals surface area contributed by atoms with Gasteiger partial charge in [-0.25, -0.2) is 0 Å². The first-order chi connectivity index (χ1) is 9.14. The monoisotopic (exact) mass is 265 g/mol. The Bertz CT molecular complexity index is 465. The Morgan fingerprint density at radius 3 is 2.47 bits per heavy atom. The fourth-order valence-corrected chi connectivity index (χ4v) is 3.18. The van der Waals surface area contributed by atoms with Gasteiger partial charge < -0.3 is 19.3 Å². The maximum Gasteiger partial charge on any atom is 0.222 e. The minimum absolute atomic E-state index is 0.149. The van der Waals surface area contributed by atoms with Gasteiger partial charge in [0.1, 0.15) is 0 Å². The molecule has 0 radical (unpaired) electrons. The lowest BCUT2D eigenvalue weighted by atomic mass is 9.84. The van der Waals surface area contributed by atoms with Gasteiger partial charge in [-0.15, -0.1) is 0 Å². The van der Waals surface area contributed by atoms with Crippen LogP contribution < -0.4 is 9.47 Å². The van der Waals surface area contributed by atoms with E-state index in [4.69, 9.17) is 14.2 Å². The summed E-state index contributed by atoms with van der Waals surface area (Å²) in [5.74, 6) is 0.919. The molecule has 3 rings (SSSR count). The second kappa shape index (κ2) is 4.65. The standard InChI is InChI=1S/C14H19NO4/c1-17-12-6-5-11(13(15-12)18-2)14(16)7-9-3-4-10(8-14)19-9/h5-6,9-10,16H,3-4,7-8H2,1-2H3. The van der Waals surface area contributed by atoms with Crippen molar-refractivity contribution in [2.45, 2.75) is 43.5 Å². The van der Waals surface area contributed by atoms with E-state index in [2.05, 4.69) is 4.98 Å². The van der Waals surface area contributed by atoms with Crippen molar-refractivity contribution in [1.82, 2.24) is 4.98 Å². The van der Waals surface area contributed by atoms with E-state index in [1.54, 1.807) is 20.3 Å². The fourth-order valence-electron chi connectivity index (χ4n) is 3.18. The molecule has 5 heteroatoms. The zero-order chi connectivity index (χ0) is 13.5. The topological polar surface area (TPSA) is 60.8 Å². The van der Waals surface area contributed by atoms with Crippen LogP contribution >= 0.6 is 0 Å². The molecule has 19 heavy (non-hydrogen) atoms. The van der Waals surface area contributed by atoms with E-state index in [9.17, 15) is 5.11 Å². The first-order valence-electron chi connectivity index (χ1n) is 6.62. The van der Waals surface area contributed by atoms with Crippen molar-refractivity contribution < 1.29 is 19.3 Å². The molecule has 0 aliphatic carbocycles. The van der Waals surface area contributed by atoms with Crippen molar-refractivity contribution in [3.05, 3.63) is 17.7 Å². The van der Waals surface area contributed by atoms with Gasteiger partial charge in [-0.2, -0.15) is 4.98 Å². The number of hydrogen-bond donors (Lipinski definition) is 1. The molecule has 2 atom stereocenters. The molecule has 0 amide bonds. The van der Waals surface area contributed by atoms with E-state index in [1.807, 2.05) is 6.07 Å². The van der Waals surface area contributed by atoms with E-state index in [0.717, 1.165) is 18.4 Å². The number of fused-ring (bicyclic) bond motifs is 2. The molecule has 1 aromatic heterocycles. The molecule has 5 nitrogen and oxygen atoms in total. The van der Waals surface area contributed by atoms with Crippen LogP contribution in [0.15, 0.2) is 12.1 Å². The van der Waals surface area contributed by atoms with Crippen LogP contribution in [0.2, 0.25) is 0 Å². The Labute approximate surface area is 112 Å². The van der Waals surface area contributed by atoms with Gasteiger partial charge in [0.05, 0.1) is 32.0 Å². The quantitative estimate of drug-likeness (QED) is 0.900. The van der Waals surface area contributed by atoms with Gasteiger partial charge in [0, 0.05) is 24.5 Å². The summed E-state index contributed by atoms with van der Waals surface area (Å²) >= 11 is 0. The lowest BCUT2D eigenvalue weighted by Crippen LogP contribution is -2.39. The summed E-state index contributed by atoms with van der Waals surface area (Å²) < 4.78 is 16.2. The number of pyridine rings is 1. The number of ether oxygens (including phenoxy) is 3. The van der Waals surface area contributed by atoms with E-state index >= 15 is 0 Å². The normalized spacial score (nSPS) is 33.2. The first-order valence-corrected chi connectivity index (χ1v) is 6.62. The Hall–Kier alpha value is -1.33. The lowest BCUT2D eigenvalue weighted by Gasteiger charge is -2.37. The summed E-state index contributed by atoms with van der Waals surface area (Å²) in [6.45, 7) is 0. The van der Waals surface area contributed by atoms with Crippen molar-refractivity contribution in [2.24, 2.45) is 0 Å². The average Bonchev–Trinajstić information content (AvgIpc) is 2.77. The van der Waals surface area contributed by atoms with Crippen LogP contribution in [0.3, 0.4) is 0 Å². The molecule has 1 N–H and O–H groups in total. The predicted octanol–water partition coefficient (Wildman–Crippen LogP) is 1.63. The Morgan fingerprint density at radius 2 is 1.89 bits per heavy atom. The highest BCUT2D eigenvalue weighted by Gasteiger charge is 2.46. The third-order valence-corrected chi connectivity index (χ3v) is 4.06. The molecule has 1 aromatic rings.